The lowest BCUT2D eigenvalue weighted by Crippen LogP contribution is -2.43. The van der Waals surface area contributed by atoms with Crippen molar-refractivity contribution in [2.45, 2.75) is 36.0 Å². The third-order valence-electron chi connectivity index (χ3n) is 6.71. The van der Waals surface area contributed by atoms with Gasteiger partial charge in [-0.3, -0.25) is 4.79 Å². The molecule has 1 aliphatic rings. The molecule has 0 saturated heterocycles. The Morgan fingerprint density at radius 3 is 2.44 bits per heavy atom. The highest BCUT2D eigenvalue weighted by Gasteiger charge is 2.42. The van der Waals surface area contributed by atoms with E-state index in [9.17, 15) is 9.18 Å². The Kier molecular flexibility index (Phi) is 6.66. The van der Waals surface area contributed by atoms with Gasteiger partial charge in [0.1, 0.15) is 5.82 Å². The number of hydrogen-bond donors (Lipinski definition) is 2. The van der Waals surface area contributed by atoms with E-state index in [1.165, 1.54) is 12.1 Å². The van der Waals surface area contributed by atoms with Crippen molar-refractivity contribution in [1.82, 2.24) is 10.3 Å². The molecular formula is C28H26ClFN2OS. The molecular weight excluding hydrogens is 467 g/mol. The first-order chi connectivity index (χ1) is 16.6. The molecule has 1 fully saturated rings. The summed E-state index contributed by atoms with van der Waals surface area (Å²) in [6, 6.07) is 22.4. The maximum absolute atomic E-state index is 13.5. The average molecular weight is 493 g/mol. The minimum Gasteiger partial charge on any atom is -0.354 e. The molecule has 1 amide bonds. The average Bonchev–Trinajstić information content (AvgIpc) is 3.49. The van der Waals surface area contributed by atoms with Crippen molar-refractivity contribution in [3.8, 4) is 11.3 Å². The van der Waals surface area contributed by atoms with Crippen LogP contribution in [0.4, 0.5) is 4.39 Å². The normalized spacial score (nSPS) is 15.0. The van der Waals surface area contributed by atoms with Crippen molar-refractivity contribution >= 4 is 40.2 Å². The number of thioether (sulfide) groups is 1. The molecule has 1 saturated carbocycles. The summed E-state index contributed by atoms with van der Waals surface area (Å²) >= 11 is 7.78. The van der Waals surface area contributed by atoms with Gasteiger partial charge in [0.25, 0.3) is 0 Å². The van der Waals surface area contributed by atoms with Gasteiger partial charge in [0, 0.05) is 33.1 Å². The van der Waals surface area contributed by atoms with Crippen LogP contribution in [0.5, 0.6) is 0 Å². The van der Waals surface area contributed by atoms with Gasteiger partial charge in [0.15, 0.2) is 0 Å². The van der Waals surface area contributed by atoms with Crippen molar-refractivity contribution < 1.29 is 9.18 Å². The summed E-state index contributed by atoms with van der Waals surface area (Å²) in [5, 5.41) is 5.02. The minimum absolute atomic E-state index is 0.102. The van der Waals surface area contributed by atoms with Gasteiger partial charge in [-0.25, -0.2) is 4.39 Å². The number of aromatic amines is 1. The van der Waals surface area contributed by atoms with Crippen LogP contribution in [0.1, 0.15) is 31.2 Å². The predicted octanol–water partition coefficient (Wildman–Crippen LogP) is 7.35. The summed E-state index contributed by atoms with van der Waals surface area (Å²) in [5.74, 6) is 0.585. The smallest absolute Gasteiger partial charge is 0.230 e. The lowest BCUT2D eigenvalue weighted by Gasteiger charge is -2.28. The fourth-order valence-electron chi connectivity index (χ4n) is 4.97. The topological polar surface area (TPSA) is 44.9 Å². The molecule has 6 heteroatoms. The van der Waals surface area contributed by atoms with E-state index in [1.54, 1.807) is 23.9 Å². The van der Waals surface area contributed by atoms with Crippen molar-refractivity contribution in [2.24, 2.45) is 0 Å². The zero-order valence-corrected chi connectivity index (χ0v) is 20.3. The summed E-state index contributed by atoms with van der Waals surface area (Å²) in [4.78, 5) is 18.0. The molecule has 3 aromatic carbocycles. The molecule has 0 unspecified atom stereocenters. The number of para-hydroxylation sites is 1. The maximum atomic E-state index is 13.5. The Balaban J connectivity index is 1.31. The molecule has 0 spiro atoms. The number of amides is 1. The second-order valence-corrected chi connectivity index (χ2v) is 10.3. The Hall–Kier alpha value is -2.76. The molecule has 1 aromatic heterocycles. The van der Waals surface area contributed by atoms with Crippen LogP contribution in [0.15, 0.2) is 77.7 Å². The quantitative estimate of drug-likeness (QED) is 0.209. The molecule has 1 aliphatic carbocycles. The summed E-state index contributed by atoms with van der Waals surface area (Å²) in [5.41, 5.74) is 3.55. The zero-order chi connectivity index (χ0) is 23.5. The molecule has 2 N–H and O–H groups in total. The number of carbonyl (C=O) groups excluding carboxylic acids is 1. The number of H-pyrrole nitrogens is 1. The predicted molar refractivity (Wildman–Crippen MR) is 139 cm³/mol. The van der Waals surface area contributed by atoms with Crippen molar-refractivity contribution in [1.29, 1.82) is 0 Å². The van der Waals surface area contributed by atoms with Gasteiger partial charge in [0.2, 0.25) is 5.91 Å². The van der Waals surface area contributed by atoms with E-state index in [0.717, 1.165) is 64.1 Å². The van der Waals surface area contributed by atoms with Gasteiger partial charge in [-0.15, -0.1) is 11.8 Å². The summed E-state index contributed by atoms with van der Waals surface area (Å²) in [7, 11) is 0. The molecule has 0 bridgehead atoms. The number of hydrogen-bond acceptors (Lipinski definition) is 2. The number of fused-ring (bicyclic) bond motifs is 1. The lowest BCUT2D eigenvalue weighted by atomic mass is 9.78. The highest BCUT2D eigenvalue weighted by atomic mass is 35.5. The molecule has 4 aromatic rings. The fourth-order valence-corrected chi connectivity index (χ4v) is 6.15. The van der Waals surface area contributed by atoms with Crippen LogP contribution in [-0.2, 0) is 10.2 Å². The van der Waals surface area contributed by atoms with Gasteiger partial charge in [-0.05, 0) is 66.4 Å². The summed E-state index contributed by atoms with van der Waals surface area (Å²) in [6.07, 6.45) is 3.85. The van der Waals surface area contributed by atoms with E-state index in [2.05, 4.69) is 16.4 Å². The largest absolute Gasteiger partial charge is 0.354 e. The summed E-state index contributed by atoms with van der Waals surface area (Å²) < 4.78 is 13.5. The molecule has 5 rings (SSSR count). The van der Waals surface area contributed by atoms with Gasteiger partial charge in [0.05, 0.1) is 11.1 Å². The van der Waals surface area contributed by atoms with Gasteiger partial charge < -0.3 is 10.3 Å². The first-order valence-corrected chi connectivity index (χ1v) is 13.0. The monoisotopic (exact) mass is 492 g/mol. The number of rotatable bonds is 7. The van der Waals surface area contributed by atoms with Crippen molar-refractivity contribution in [2.75, 3.05) is 12.3 Å². The zero-order valence-electron chi connectivity index (χ0n) is 18.7. The van der Waals surface area contributed by atoms with Crippen molar-refractivity contribution in [3.63, 3.8) is 0 Å². The fraction of sp³-hybridized carbons (Fsp3) is 0.250. The first-order valence-electron chi connectivity index (χ1n) is 11.6. The van der Waals surface area contributed by atoms with Gasteiger partial charge >= 0.3 is 0 Å². The highest BCUT2D eigenvalue weighted by molar-refractivity contribution is 7.99. The maximum Gasteiger partial charge on any atom is 0.230 e. The third-order valence-corrected chi connectivity index (χ3v) is 8.09. The molecule has 0 radical (unpaired) electrons. The highest BCUT2D eigenvalue weighted by Crippen LogP contribution is 2.42. The lowest BCUT2D eigenvalue weighted by molar-refractivity contribution is -0.126. The van der Waals surface area contributed by atoms with Crippen LogP contribution in [0, 0.1) is 5.82 Å². The van der Waals surface area contributed by atoms with Crippen LogP contribution in [0.3, 0.4) is 0 Å². The van der Waals surface area contributed by atoms with Crippen molar-refractivity contribution in [3.05, 3.63) is 89.2 Å². The van der Waals surface area contributed by atoms with Crippen LogP contribution < -0.4 is 5.32 Å². The van der Waals surface area contributed by atoms with Crippen LogP contribution in [0.25, 0.3) is 22.2 Å². The summed E-state index contributed by atoms with van der Waals surface area (Å²) in [6.45, 7) is 0.571. The molecule has 174 valence electrons. The van der Waals surface area contributed by atoms with Gasteiger partial charge in [-0.2, -0.15) is 0 Å². The second kappa shape index (κ2) is 9.85. The SMILES string of the molecule is O=C(NCCSc1c(-c2ccc(F)cc2)[nH]c2ccccc12)C1(c2ccc(Cl)cc2)CCCC1. The standard InChI is InChI=1S/C28H26ClFN2OS/c29-21-11-9-20(10-12-21)28(15-3-4-16-28)27(33)31-17-18-34-26-23-5-1-2-6-24(23)32-25(26)19-7-13-22(30)14-8-19/h1-2,5-14,32H,3-4,15-18H2,(H,31,33). The molecule has 34 heavy (non-hydrogen) atoms. The number of benzene rings is 3. The van der Waals surface area contributed by atoms with E-state index in [-0.39, 0.29) is 11.7 Å². The Morgan fingerprint density at radius 2 is 1.71 bits per heavy atom. The number of aromatic nitrogens is 1. The van der Waals surface area contributed by atoms with E-state index >= 15 is 0 Å². The van der Waals surface area contributed by atoms with Crippen LogP contribution >= 0.6 is 23.4 Å². The van der Waals surface area contributed by atoms with Gasteiger partial charge in [-0.1, -0.05) is 54.8 Å². The third kappa shape index (κ3) is 4.47. The van der Waals surface area contributed by atoms with Crippen LogP contribution in [0.2, 0.25) is 5.02 Å². The number of carbonyl (C=O) groups is 1. The molecule has 1 heterocycles. The van der Waals surface area contributed by atoms with E-state index in [0.29, 0.717) is 11.6 Å². The number of halogens is 2. The minimum atomic E-state index is -0.463. The Labute approximate surface area is 208 Å². The van der Waals surface area contributed by atoms with Crippen LogP contribution in [-0.4, -0.2) is 23.2 Å². The molecule has 0 aliphatic heterocycles. The Morgan fingerprint density at radius 1 is 1.00 bits per heavy atom. The van der Waals surface area contributed by atoms with E-state index in [1.807, 2.05) is 42.5 Å². The van der Waals surface area contributed by atoms with E-state index in [4.69, 9.17) is 11.6 Å². The van der Waals surface area contributed by atoms with E-state index < -0.39 is 5.41 Å². The number of nitrogens with one attached hydrogen (secondary N) is 2. The molecule has 3 nitrogen and oxygen atoms in total. The Bertz CT molecular complexity index is 1290. The second-order valence-electron chi connectivity index (χ2n) is 8.78. The first kappa shape index (κ1) is 23.0. The molecule has 0 atom stereocenters.